The van der Waals surface area contributed by atoms with Crippen molar-refractivity contribution in [1.82, 2.24) is 0 Å². The Balaban J connectivity index is 2.04. The van der Waals surface area contributed by atoms with Gasteiger partial charge in [0.1, 0.15) is 0 Å². The Labute approximate surface area is 108 Å². The zero-order valence-corrected chi connectivity index (χ0v) is 12.0. The van der Waals surface area contributed by atoms with Gasteiger partial charge in [-0.1, -0.05) is 65.2 Å². The lowest BCUT2D eigenvalue weighted by atomic mass is 10.1. The number of aliphatic hydroxyl groups is 1. The minimum atomic E-state index is 0.441. The summed E-state index contributed by atoms with van der Waals surface area (Å²) in [7, 11) is 0. The van der Waals surface area contributed by atoms with Crippen molar-refractivity contribution in [3.63, 3.8) is 0 Å². The lowest BCUT2D eigenvalue weighted by Crippen LogP contribution is -1.89. The Bertz CT molecular complexity index is 160. The van der Waals surface area contributed by atoms with E-state index in [0.29, 0.717) is 12.5 Å². The Hall–Kier alpha value is -0.0400. The number of hydrogen-bond acceptors (Lipinski definition) is 1. The minimum absolute atomic E-state index is 0.441. The van der Waals surface area contributed by atoms with Gasteiger partial charge in [-0.15, -0.1) is 0 Å². The van der Waals surface area contributed by atoms with Crippen LogP contribution < -0.4 is 0 Å². The van der Waals surface area contributed by atoms with Crippen molar-refractivity contribution in [2.45, 2.75) is 78.1 Å². The largest absolute Gasteiger partial charge is 0.396 e. The summed E-state index contributed by atoms with van der Waals surface area (Å²) in [6.07, 6.45) is 13.8. The lowest BCUT2D eigenvalue weighted by Gasteiger charge is -2.00. The van der Waals surface area contributed by atoms with Gasteiger partial charge in [0, 0.05) is 6.61 Å². The van der Waals surface area contributed by atoms with Crippen molar-refractivity contribution in [2.24, 2.45) is 17.8 Å². The number of unbranched alkanes of at least 4 members (excludes halogenated alkanes) is 6. The molecule has 1 nitrogen and oxygen atoms in total. The first-order valence-electron chi connectivity index (χ1n) is 7.96. The second-order valence-corrected chi connectivity index (χ2v) is 5.87. The van der Waals surface area contributed by atoms with Gasteiger partial charge in [0.2, 0.25) is 0 Å². The van der Waals surface area contributed by atoms with E-state index >= 15 is 0 Å². The summed E-state index contributed by atoms with van der Waals surface area (Å²) < 4.78 is 0. The van der Waals surface area contributed by atoms with E-state index < -0.39 is 0 Å². The molecule has 0 heterocycles. The Morgan fingerprint density at radius 3 is 1.47 bits per heavy atom. The number of rotatable bonds is 11. The normalized spacial score (nSPS) is 27.4. The summed E-state index contributed by atoms with van der Waals surface area (Å²) in [5, 5.41) is 9.35. The van der Waals surface area contributed by atoms with E-state index in [2.05, 4.69) is 13.8 Å². The predicted molar refractivity (Wildman–Crippen MR) is 75.1 cm³/mol. The average molecular weight is 240 g/mol. The summed E-state index contributed by atoms with van der Waals surface area (Å²) in [4.78, 5) is 0. The van der Waals surface area contributed by atoms with Crippen LogP contribution in [0.15, 0.2) is 0 Å². The highest BCUT2D eigenvalue weighted by molar-refractivity contribution is 4.95. The van der Waals surface area contributed by atoms with Crippen LogP contribution in [0.25, 0.3) is 0 Å². The van der Waals surface area contributed by atoms with E-state index in [4.69, 9.17) is 0 Å². The first-order valence-corrected chi connectivity index (χ1v) is 7.96. The average Bonchev–Trinajstić information content (AvgIpc) is 3.02. The Morgan fingerprint density at radius 1 is 0.647 bits per heavy atom. The fourth-order valence-corrected chi connectivity index (χ4v) is 3.27. The zero-order chi connectivity index (χ0) is 12.5. The highest BCUT2D eigenvalue weighted by atomic mass is 16.3. The van der Waals surface area contributed by atoms with Crippen LogP contribution >= 0.6 is 0 Å². The third kappa shape index (κ3) is 5.42. The van der Waals surface area contributed by atoms with Crippen LogP contribution in [0.5, 0.6) is 0 Å². The highest BCUT2D eigenvalue weighted by Gasteiger charge is 2.47. The SMILES string of the molecule is CCCCCCC1C(CO)C1CCCCCC. The van der Waals surface area contributed by atoms with E-state index in [1.165, 1.54) is 64.2 Å². The summed E-state index contributed by atoms with van der Waals surface area (Å²) >= 11 is 0. The van der Waals surface area contributed by atoms with Gasteiger partial charge >= 0.3 is 0 Å². The van der Waals surface area contributed by atoms with E-state index in [0.717, 1.165) is 11.8 Å². The summed E-state index contributed by atoms with van der Waals surface area (Å²) in [5.41, 5.74) is 0. The quantitative estimate of drug-likeness (QED) is 0.515. The second-order valence-electron chi connectivity index (χ2n) is 5.87. The molecule has 0 saturated heterocycles. The molecule has 0 aromatic carbocycles. The monoisotopic (exact) mass is 240 g/mol. The molecule has 1 heteroatoms. The molecule has 1 fully saturated rings. The van der Waals surface area contributed by atoms with Crippen LogP contribution in [0, 0.1) is 17.8 Å². The topological polar surface area (TPSA) is 20.2 Å². The number of hydrogen-bond donors (Lipinski definition) is 1. The number of aliphatic hydroxyl groups excluding tert-OH is 1. The van der Waals surface area contributed by atoms with Crippen molar-refractivity contribution in [3.8, 4) is 0 Å². The molecule has 1 N–H and O–H groups in total. The van der Waals surface area contributed by atoms with Crippen molar-refractivity contribution in [1.29, 1.82) is 0 Å². The maximum atomic E-state index is 9.35. The molecule has 102 valence electrons. The Morgan fingerprint density at radius 2 is 1.12 bits per heavy atom. The molecule has 1 saturated carbocycles. The maximum absolute atomic E-state index is 9.35. The molecule has 0 aromatic heterocycles. The lowest BCUT2D eigenvalue weighted by molar-refractivity contribution is 0.261. The van der Waals surface area contributed by atoms with Crippen LogP contribution in [-0.4, -0.2) is 11.7 Å². The molecule has 0 radical (unpaired) electrons. The van der Waals surface area contributed by atoms with Gasteiger partial charge in [0.15, 0.2) is 0 Å². The van der Waals surface area contributed by atoms with Gasteiger partial charge in [-0.05, 0) is 30.6 Å². The Kier molecular flexibility index (Phi) is 7.92. The smallest absolute Gasteiger partial charge is 0.0464 e. The molecule has 2 atom stereocenters. The van der Waals surface area contributed by atoms with Crippen molar-refractivity contribution in [3.05, 3.63) is 0 Å². The molecule has 1 aliphatic rings. The minimum Gasteiger partial charge on any atom is -0.396 e. The zero-order valence-electron chi connectivity index (χ0n) is 12.0. The molecular weight excluding hydrogens is 208 g/mol. The molecule has 0 spiro atoms. The molecule has 0 bridgehead atoms. The standard InChI is InChI=1S/C16H32O/c1-3-5-7-9-11-14-15(16(14)13-17)12-10-8-6-4-2/h14-17H,3-13H2,1-2H3. The van der Waals surface area contributed by atoms with E-state index in [-0.39, 0.29) is 0 Å². The van der Waals surface area contributed by atoms with Gasteiger partial charge in [-0.2, -0.15) is 0 Å². The molecule has 2 unspecified atom stereocenters. The van der Waals surface area contributed by atoms with E-state index in [1.54, 1.807) is 0 Å². The van der Waals surface area contributed by atoms with Gasteiger partial charge < -0.3 is 5.11 Å². The molecule has 0 aliphatic heterocycles. The van der Waals surface area contributed by atoms with Crippen molar-refractivity contribution >= 4 is 0 Å². The van der Waals surface area contributed by atoms with Crippen molar-refractivity contribution in [2.75, 3.05) is 6.61 Å². The first kappa shape index (κ1) is 15.0. The highest BCUT2D eigenvalue weighted by Crippen LogP contribution is 2.52. The van der Waals surface area contributed by atoms with Gasteiger partial charge in [-0.3, -0.25) is 0 Å². The summed E-state index contributed by atoms with van der Waals surface area (Å²) in [6, 6.07) is 0. The van der Waals surface area contributed by atoms with Crippen LogP contribution in [0.3, 0.4) is 0 Å². The molecule has 0 amide bonds. The van der Waals surface area contributed by atoms with E-state index in [1.807, 2.05) is 0 Å². The van der Waals surface area contributed by atoms with Gasteiger partial charge in [-0.25, -0.2) is 0 Å². The van der Waals surface area contributed by atoms with Crippen LogP contribution in [0.1, 0.15) is 78.1 Å². The second kappa shape index (κ2) is 8.97. The summed E-state index contributed by atoms with van der Waals surface area (Å²) in [5.74, 6) is 2.41. The maximum Gasteiger partial charge on any atom is 0.0464 e. The predicted octanol–water partition coefficient (Wildman–Crippen LogP) is 4.78. The molecule has 0 aromatic rings. The van der Waals surface area contributed by atoms with Crippen LogP contribution in [0.4, 0.5) is 0 Å². The molecule has 1 rings (SSSR count). The van der Waals surface area contributed by atoms with Gasteiger partial charge in [0.05, 0.1) is 0 Å². The van der Waals surface area contributed by atoms with Crippen LogP contribution in [-0.2, 0) is 0 Å². The molecular formula is C16H32O. The molecule has 1 aliphatic carbocycles. The third-order valence-electron chi connectivity index (χ3n) is 4.50. The van der Waals surface area contributed by atoms with Crippen molar-refractivity contribution < 1.29 is 5.11 Å². The summed E-state index contributed by atoms with van der Waals surface area (Å²) in [6.45, 7) is 4.98. The van der Waals surface area contributed by atoms with E-state index in [9.17, 15) is 5.11 Å². The fourth-order valence-electron chi connectivity index (χ4n) is 3.27. The van der Waals surface area contributed by atoms with Gasteiger partial charge in [0.25, 0.3) is 0 Å². The first-order chi connectivity index (χ1) is 8.35. The fraction of sp³-hybridized carbons (Fsp3) is 1.00. The van der Waals surface area contributed by atoms with Crippen LogP contribution in [0.2, 0.25) is 0 Å². The molecule has 17 heavy (non-hydrogen) atoms. The third-order valence-corrected chi connectivity index (χ3v) is 4.50.